The second-order valence-corrected chi connectivity index (χ2v) is 9.54. The molecule has 1 saturated heterocycles. The van der Waals surface area contributed by atoms with E-state index in [1.807, 2.05) is 0 Å². The molecule has 3 aliphatic rings. The van der Waals surface area contributed by atoms with Gasteiger partial charge in [-0.1, -0.05) is 39.5 Å². The smallest absolute Gasteiger partial charge is 0.132 e. The summed E-state index contributed by atoms with van der Waals surface area (Å²) in [4.78, 5) is 15.2. The molecular weight excluding hydrogens is 294 g/mol. The van der Waals surface area contributed by atoms with Gasteiger partial charge in [-0.25, -0.2) is 0 Å². The zero-order valence-electron chi connectivity index (χ0n) is 16.4. The van der Waals surface area contributed by atoms with Crippen LogP contribution in [-0.4, -0.2) is 29.8 Å². The first kappa shape index (κ1) is 18.4. The third-order valence-corrected chi connectivity index (χ3v) is 7.92. The maximum atomic E-state index is 12.5. The summed E-state index contributed by atoms with van der Waals surface area (Å²) in [5.74, 6) is 3.09. The van der Waals surface area contributed by atoms with Gasteiger partial charge in [0.25, 0.3) is 0 Å². The van der Waals surface area contributed by atoms with Gasteiger partial charge in [0.1, 0.15) is 5.78 Å². The Bertz CT molecular complexity index is 424. The first-order chi connectivity index (χ1) is 11.5. The topological polar surface area (TPSA) is 20.3 Å². The Labute approximate surface area is 149 Å². The monoisotopic (exact) mass is 333 g/mol. The number of likely N-dealkylation sites (tertiary alicyclic amines) is 1. The maximum Gasteiger partial charge on any atom is 0.132 e. The van der Waals surface area contributed by atoms with Gasteiger partial charge in [0.2, 0.25) is 0 Å². The van der Waals surface area contributed by atoms with Crippen molar-refractivity contribution in [3.05, 3.63) is 0 Å². The minimum atomic E-state index is 0.316. The molecular formula is C22H39NO. The Balaban J connectivity index is 1.47. The predicted octanol–water partition coefficient (Wildman–Crippen LogP) is 5.45. The summed E-state index contributed by atoms with van der Waals surface area (Å²) in [5.41, 5.74) is 0.316. The van der Waals surface area contributed by atoms with Crippen LogP contribution < -0.4 is 0 Å². The van der Waals surface area contributed by atoms with Crippen LogP contribution in [0.15, 0.2) is 0 Å². The third kappa shape index (κ3) is 4.42. The van der Waals surface area contributed by atoms with Gasteiger partial charge in [-0.2, -0.15) is 0 Å². The van der Waals surface area contributed by atoms with Crippen molar-refractivity contribution in [3.8, 4) is 0 Å². The van der Waals surface area contributed by atoms with Gasteiger partial charge < -0.3 is 0 Å². The van der Waals surface area contributed by atoms with E-state index >= 15 is 0 Å². The molecule has 0 aromatic rings. The molecule has 3 fully saturated rings. The highest BCUT2D eigenvalue weighted by Crippen LogP contribution is 2.45. The standard InChI is InChI=1S/C22H39NO/c1-17-13-15-23(16-20-8-9-20)18(2)22(17,3)14-12-21(24)11-10-19-6-4-5-7-19/h17-20H,4-16H2,1-3H3. The molecule has 0 aromatic carbocycles. The Morgan fingerprint density at radius 2 is 1.71 bits per heavy atom. The van der Waals surface area contributed by atoms with Gasteiger partial charge in [0.05, 0.1) is 0 Å². The van der Waals surface area contributed by atoms with Crippen molar-refractivity contribution in [1.29, 1.82) is 0 Å². The molecule has 0 aromatic heterocycles. The van der Waals surface area contributed by atoms with Crippen LogP contribution >= 0.6 is 0 Å². The van der Waals surface area contributed by atoms with Gasteiger partial charge in [0.15, 0.2) is 0 Å². The van der Waals surface area contributed by atoms with E-state index in [9.17, 15) is 4.79 Å². The fourth-order valence-corrected chi connectivity index (χ4v) is 5.25. The number of carbonyl (C=O) groups is 1. The molecule has 2 aliphatic carbocycles. The summed E-state index contributed by atoms with van der Waals surface area (Å²) in [5, 5.41) is 0. The summed E-state index contributed by atoms with van der Waals surface area (Å²) >= 11 is 0. The molecule has 0 spiro atoms. The van der Waals surface area contributed by atoms with Crippen LogP contribution in [0.5, 0.6) is 0 Å². The summed E-state index contributed by atoms with van der Waals surface area (Å²) in [6, 6.07) is 0.629. The quantitative estimate of drug-likeness (QED) is 0.588. The summed E-state index contributed by atoms with van der Waals surface area (Å²) in [7, 11) is 0. The third-order valence-electron chi connectivity index (χ3n) is 7.92. The lowest BCUT2D eigenvalue weighted by molar-refractivity contribution is -0.120. The predicted molar refractivity (Wildman–Crippen MR) is 101 cm³/mol. The second kappa shape index (κ2) is 7.89. The molecule has 0 N–H and O–H groups in total. The van der Waals surface area contributed by atoms with Crippen LogP contribution in [0.1, 0.15) is 91.4 Å². The second-order valence-electron chi connectivity index (χ2n) is 9.54. The van der Waals surface area contributed by atoms with Crippen molar-refractivity contribution in [2.24, 2.45) is 23.2 Å². The molecule has 0 radical (unpaired) electrons. The summed E-state index contributed by atoms with van der Waals surface area (Å²) in [6.45, 7) is 9.89. The number of ketones is 1. The van der Waals surface area contributed by atoms with Gasteiger partial charge in [-0.05, 0) is 68.7 Å². The highest BCUT2D eigenvalue weighted by Gasteiger charge is 2.44. The van der Waals surface area contributed by atoms with Gasteiger partial charge in [-0.3, -0.25) is 9.69 Å². The summed E-state index contributed by atoms with van der Waals surface area (Å²) in [6.07, 6.45) is 13.6. The van der Waals surface area contributed by atoms with Crippen molar-refractivity contribution in [2.75, 3.05) is 13.1 Å². The van der Waals surface area contributed by atoms with E-state index in [0.717, 1.165) is 43.4 Å². The van der Waals surface area contributed by atoms with Crippen LogP contribution in [-0.2, 0) is 4.79 Å². The number of nitrogens with zero attached hydrogens (tertiary/aromatic N) is 1. The average Bonchev–Trinajstić information content (AvgIpc) is 3.23. The van der Waals surface area contributed by atoms with E-state index in [-0.39, 0.29) is 0 Å². The maximum absolute atomic E-state index is 12.5. The SMILES string of the molecule is CC1CCN(CC2CC2)C(C)C1(C)CCC(=O)CCC1CCCC1. The molecule has 138 valence electrons. The van der Waals surface area contributed by atoms with E-state index < -0.39 is 0 Å². The van der Waals surface area contributed by atoms with Crippen LogP contribution in [0.25, 0.3) is 0 Å². The molecule has 1 aliphatic heterocycles. The molecule has 2 heteroatoms. The lowest BCUT2D eigenvalue weighted by Gasteiger charge is -2.51. The minimum absolute atomic E-state index is 0.316. The van der Waals surface area contributed by atoms with E-state index in [2.05, 4.69) is 25.7 Å². The average molecular weight is 334 g/mol. The molecule has 2 nitrogen and oxygen atoms in total. The largest absolute Gasteiger partial charge is 0.300 e. The lowest BCUT2D eigenvalue weighted by atomic mass is 9.65. The van der Waals surface area contributed by atoms with Crippen LogP contribution in [0.4, 0.5) is 0 Å². The van der Waals surface area contributed by atoms with Gasteiger partial charge in [-0.15, -0.1) is 0 Å². The highest BCUT2D eigenvalue weighted by molar-refractivity contribution is 5.78. The molecule has 3 unspecified atom stereocenters. The van der Waals surface area contributed by atoms with E-state index in [1.165, 1.54) is 58.0 Å². The Kier molecular flexibility index (Phi) is 6.06. The first-order valence-corrected chi connectivity index (χ1v) is 10.7. The van der Waals surface area contributed by atoms with Crippen LogP contribution in [0, 0.1) is 23.2 Å². The fourth-order valence-electron chi connectivity index (χ4n) is 5.25. The van der Waals surface area contributed by atoms with E-state index in [4.69, 9.17) is 0 Å². The Morgan fingerprint density at radius 3 is 2.38 bits per heavy atom. The van der Waals surface area contributed by atoms with Gasteiger partial charge >= 0.3 is 0 Å². The zero-order valence-corrected chi connectivity index (χ0v) is 16.4. The van der Waals surface area contributed by atoms with Crippen LogP contribution in [0.2, 0.25) is 0 Å². The van der Waals surface area contributed by atoms with E-state index in [0.29, 0.717) is 17.2 Å². The number of piperidine rings is 1. The van der Waals surface area contributed by atoms with Crippen molar-refractivity contribution in [2.45, 2.75) is 97.4 Å². The number of hydrogen-bond donors (Lipinski definition) is 0. The van der Waals surface area contributed by atoms with Crippen molar-refractivity contribution < 1.29 is 4.79 Å². The Hall–Kier alpha value is -0.370. The zero-order chi connectivity index (χ0) is 17.2. The molecule has 24 heavy (non-hydrogen) atoms. The first-order valence-electron chi connectivity index (χ1n) is 10.7. The van der Waals surface area contributed by atoms with E-state index in [1.54, 1.807) is 0 Å². The normalized spacial score (nSPS) is 35.5. The van der Waals surface area contributed by atoms with Crippen molar-refractivity contribution in [3.63, 3.8) is 0 Å². The molecule has 3 atom stereocenters. The minimum Gasteiger partial charge on any atom is -0.300 e. The lowest BCUT2D eigenvalue weighted by Crippen LogP contribution is -2.53. The molecule has 3 rings (SSSR count). The fraction of sp³-hybridized carbons (Fsp3) is 0.955. The number of rotatable bonds is 8. The summed E-state index contributed by atoms with van der Waals surface area (Å²) < 4.78 is 0. The number of Topliss-reactive ketones (excluding diaryl/α,β-unsaturated/α-hetero) is 1. The van der Waals surface area contributed by atoms with Crippen LogP contribution in [0.3, 0.4) is 0 Å². The highest BCUT2D eigenvalue weighted by atomic mass is 16.1. The molecule has 2 saturated carbocycles. The number of carbonyl (C=O) groups excluding carboxylic acids is 1. The van der Waals surface area contributed by atoms with Gasteiger partial charge in [0, 0.05) is 25.4 Å². The molecule has 0 bridgehead atoms. The Morgan fingerprint density at radius 1 is 1.00 bits per heavy atom. The van der Waals surface area contributed by atoms with Crippen molar-refractivity contribution >= 4 is 5.78 Å². The number of hydrogen-bond acceptors (Lipinski definition) is 2. The molecule has 0 amide bonds. The molecule has 1 heterocycles. The van der Waals surface area contributed by atoms with Crippen molar-refractivity contribution in [1.82, 2.24) is 4.90 Å².